The van der Waals surface area contributed by atoms with Crippen LogP contribution in [0.5, 0.6) is 0 Å². The van der Waals surface area contributed by atoms with Crippen molar-refractivity contribution in [2.45, 2.75) is 12.7 Å². The van der Waals surface area contributed by atoms with E-state index in [1.807, 2.05) is 41.8 Å². The van der Waals surface area contributed by atoms with E-state index in [1.165, 1.54) is 17.4 Å². The van der Waals surface area contributed by atoms with E-state index in [2.05, 4.69) is 5.32 Å². The zero-order chi connectivity index (χ0) is 17.9. The number of rotatable bonds is 4. The minimum Gasteiger partial charge on any atom is -0.347 e. The maximum atomic E-state index is 12.7. The number of thiophene rings is 1. The second kappa shape index (κ2) is 7.11. The summed E-state index contributed by atoms with van der Waals surface area (Å²) in [6.45, 7) is 0.0366. The van der Waals surface area contributed by atoms with Crippen molar-refractivity contribution in [2.75, 3.05) is 0 Å². The van der Waals surface area contributed by atoms with E-state index in [-0.39, 0.29) is 12.5 Å². The number of carbonyl (C=O) groups excluding carboxylic acids is 1. The molecular formula is C19H14F3NOS. The van der Waals surface area contributed by atoms with Gasteiger partial charge in [0.1, 0.15) is 0 Å². The molecule has 0 unspecified atom stereocenters. The van der Waals surface area contributed by atoms with Crippen molar-refractivity contribution in [2.24, 2.45) is 0 Å². The van der Waals surface area contributed by atoms with Crippen LogP contribution in [0.15, 0.2) is 66.0 Å². The van der Waals surface area contributed by atoms with E-state index < -0.39 is 11.7 Å². The summed E-state index contributed by atoms with van der Waals surface area (Å²) in [7, 11) is 0. The first-order chi connectivity index (χ1) is 11.9. The van der Waals surface area contributed by atoms with Crippen molar-refractivity contribution in [1.29, 1.82) is 0 Å². The molecule has 2 aromatic carbocycles. The van der Waals surface area contributed by atoms with E-state index in [1.54, 1.807) is 6.07 Å². The Balaban J connectivity index is 1.74. The van der Waals surface area contributed by atoms with Crippen molar-refractivity contribution in [3.05, 3.63) is 82.0 Å². The van der Waals surface area contributed by atoms with Gasteiger partial charge < -0.3 is 5.32 Å². The molecule has 1 heterocycles. The quantitative estimate of drug-likeness (QED) is 0.666. The van der Waals surface area contributed by atoms with E-state index in [0.29, 0.717) is 10.4 Å². The fourth-order valence-corrected chi connectivity index (χ4v) is 3.28. The van der Waals surface area contributed by atoms with Crippen LogP contribution in [0.1, 0.15) is 20.8 Å². The molecule has 0 fully saturated rings. The topological polar surface area (TPSA) is 29.1 Å². The molecule has 0 atom stereocenters. The van der Waals surface area contributed by atoms with Crippen LogP contribution >= 0.6 is 11.3 Å². The molecule has 6 heteroatoms. The molecule has 128 valence electrons. The Labute approximate surface area is 146 Å². The van der Waals surface area contributed by atoms with Crippen molar-refractivity contribution >= 4 is 17.2 Å². The zero-order valence-electron chi connectivity index (χ0n) is 13.0. The summed E-state index contributed by atoms with van der Waals surface area (Å²) in [6.07, 6.45) is -4.39. The highest BCUT2D eigenvalue weighted by Crippen LogP contribution is 2.30. The van der Waals surface area contributed by atoms with Crippen LogP contribution in [-0.4, -0.2) is 5.91 Å². The summed E-state index contributed by atoms with van der Waals surface area (Å²) in [6, 6.07) is 16.3. The molecule has 0 aliphatic rings. The second-order valence-electron chi connectivity index (χ2n) is 5.41. The number of nitrogens with one attached hydrogen (secondary N) is 1. The van der Waals surface area contributed by atoms with E-state index in [4.69, 9.17) is 0 Å². The third kappa shape index (κ3) is 4.09. The molecule has 1 aromatic heterocycles. The molecule has 0 spiro atoms. The number of halogens is 3. The third-order valence-corrected chi connectivity index (χ3v) is 4.58. The smallest absolute Gasteiger partial charge is 0.347 e. The van der Waals surface area contributed by atoms with Crippen LogP contribution in [0.3, 0.4) is 0 Å². The van der Waals surface area contributed by atoms with Gasteiger partial charge in [0, 0.05) is 12.1 Å². The zero-order valence-corrected chi connectivity index (χ0v) is 13.8. The first kappa shape index (κ1) is 17.2. The minimum atomic E-state index is -4.39. The standard InChI is InChI=1S/C19H14F3NOS/c20-19(21,22)15-8-4-5-13(11-15)12-23-18(24)17-16(9-10-25-17)14-6-2-1-3-7-14/h1-11H,12H2,(H,23,24). The van der Waals surface area contributed by atoms with Gasteiger partial charge >= 0.3 is 6.18 Å². The fourth-order valence-electron chi connectivity index (χ4n) is 2.45. The Hall–Kier alpha value is -2.60. The van der Waals surface area contributed by atoms with Gasteiger partial charge in [0.05, 0.1) is 10.4 Å². The van der Waals surface area contributed by atoms with Crippen LogP contribution in [0.4, 0.5) is 13.2 Å². The highest BCUT2D eigenvalue weighted by Gasteiger charge is 2.30. The van der Waals surface area contributed by atoms with Crippen LogP contribution in [0, 0.1) is 0 Å². The predicted molar refractivity (Wildman–Crippen MR) is 92.4 cm³/mol. The van der Waals surface area contributed by atoms with E-state index >= 15 is 0 Å². The lowest BCUT2D eigenvalue weighted by molar-refractivity contribution is -0.137. The van der Waals surface area contributed by atoms with Crippen molar-refractivity contribution in [3.8, 4) is 11.1 Å². The maximum absolute atomic E-state index is 12.7. The fraction of sp³-hybridized carbons (Fsp3) is 0.105. The molecule has 0 bridgehead atoms. The van der Waals surface area contributed by atoms with Crippen molar-refractivity contribution in [1.82, 2.24) is 5.32 Å². The molecule has 3 rings (SSSR count). The third-order valence-electron chi connectivity index (χ3n) is 3.66. The van der Waals surface area contributed by atoms with Gasteiger partial charge in [0.15, 0.2) is 0 Å². The summed E-state index contributed by atoms with van der Waals surface area (Å²) in [5.41, 5.74) is 1.42. The monoisotopic (exact) mass is 361 g/mol. The van der Waals surface area contributed by atoms with Gasteiger partial charge in [-0.15, -0.1) is 11.3 Å². The number of amides is 1. The van der Waals surface area contributed by atoms with Crippen LogP contribution in [0.2, 0.25) is 0 Å². The first-order valence-electron chi connectivity index (χ1n) is 7.52. The van der Waals surface area contributed by atoms with Crippen LogP contribution < -0.4 is 5.32 Å². The average Bonchev–Trinajstić information content (AvgIpc) is 3.10. The molecule has 0 radical (unpaired) electrons. The summed E-state index contributed by atoms with van der Waals surface area (Å²) in [5.74, 6) is -0.300. The molecule has 1 N–H and O–H groups in total. The molecule has 2 nitrogen and oxygen atoms in total. The maximum Gasteiger partial charge on any atom is 0.416 e. The van der Waals surface area contributed by atoms with Gasteiger partial charge in [-0.3, -0.25) is 4.79 Å². The first-order valence-corrected chi connectivity index (χ1v) is 8.40. The second-order valence-corrected chi connectivity index (χ2v) is 6.33. The summed E-state index contributed by atoms with van der Waals surface area (Å²) < 4.78 is 38.2. The summed E-state index contributed by atoms with van der Waals surface area (Å²) >= 11 is 1.30. The molecule has 1 amide bonds. The molecule has 3 aromatic rings. The van der Waals surface area contributed by atoms with E-state index in [9.17, 15) is 18.0 Å². The number of hydrogen-bond acceptors (Lipinski definition) is 2. The molecule has 0 saturated carbocycles. The molecule has 0 aliphatic carbocycles. The summed E-state index contributed by atoms with van der Waals surface area (Å²) in [4.78, 5) is 13.0. The lowest BCUT2D eigenvalue weighted by Crippen LogP contribution is -2.22. The van der Waals surface area contributed by atoms with Crippen molar-refractivity contribution < 1.29 is 18.0 Å². The Bertz CT molecular complexity index is 872. The molecule has 0 saturated heterocycles. The Morgan fingerprint density at radius 3 is 2.48 bits per heavy atom. The number of carbonyl (C=O) groups is 1. The highest BCUT2D eigenvalue weighted by atomic mass is 32.1. The Morgan fingerprint density at radius 2 is 1.76 bits per heavy atom. The average molecular weight is 361 g/mol. The van der Waals surface area contributed by atoms with Gasteiger partial charge in [-0.05, 0) is 34.7 Å². The Morgan fingerprint density at radius 1 is 1.00 bits per heavy atom. The van der Waals surface area contributed by atoms with Crippen LogP contribution in [0.25, 0.3) is 11.1 Å². The lowest BCUT2D eigenvalue weighted by atomic mass is 10.1. The summed E-state index contributed by atoms with van der Waals surface area (Å²) in [5, 5.41) is 4.52. The van der Waals surface area contributed by atoms with Gasteiger partial charge in [-0.2, -0.15) is 13.2 Å². The minimum absolute atomic E-state index is 0.0366. The molecular weight excluding hydrogens is 347 g/mol. The number of alkyl halides is 3. The molecule has 25 heavy (non-hydrogen) atoms. The number of hydrogen-bond donors (Lipinski definition) is 1. The lowest BCUT2D eigenvalue weighted by Gasteiger charge is -2.10. The van der Waals surface area contributed by atoms with Gasteiger partial charge in [-0.1, -0.05) is 42.5 Å². The van der Waals surface area contributed by atoms with Crippen molar-refractivity contribution in [3.63, 3.8) is 0 Å². The predicted octanol–water partition coefficient (Wildman–Crippen LogP) is 5.36. The largest absolute Gasteiger partial charge is 0.416 e. The van der Waals surface area contributed by atoms with Gasteiger partial charge in [0.2, 0.25) is 0 Å². The normalized spacial score (nSPS) is 11.3. The van der Waals surface area contributed by atoms with Gasteiger partial charge in [0.25, 0.3) is 5.91 Å². The SMILES string of the molecule is O=C(NCc1cccc(C(F)(F)F)c1)c1sccc1-c1ccccc1. The highest BCUT2D eigenvalue weighted by molar-refractivity contribution is 7.12. The van der Waals surface area contributed by atoms with E-state index in [0.717, 1.165) is 23.3 Å². The number of benzene rings is 2. The molecule has 0 aliphatic heterocycles. The Kier molecular flexibility index (Phi) is 4.90. The van der Waals surface area contributed by atoms with Gasteiger partial charge in [-0.25, -0.2) is 0 Å². The van der Waals surface area contributed by atoms with Crippen LogP contribution in [-0.2, 0) is 12.7 Å².